The minimum absolute atomic E-state index is 0.0119. The molecule has 24 heavy (non-hydrogen) atoms. The van der Waals surface area contributed by atoms with Crippen LogP contribution in [0.4, 0.5) is 0 Å². The third kappa shape index (κ3) is 3.90. The molecule has 1 aromatic rings. The van der Waals surface area contributed by atoms with Crippen molar-refractivity contribution >= 4 is 23.3 Å². The Morgan fingerprint density at radius 2 is 1.75 bits per heavy atom. The van der Waals surface area contributed by atoms with Gasteiger partial charge in [-0.1, -0.05) is 11.4 Å². The average Bonchev–Trinajstić information content (AvgIpc) is 3.11. The Balaban J connectivity index is 1.50. The molecule has 0 N–H and O–H groups in total. The fraction of sp³-hybridized carbons (Fsp3) is 0.733. The maximum absolute atomic E-state index is 12.6. The number of carbonyl (C=O) groups is 2. The van der Waals surface area contributed by atoms with Crippen molar-refractivity contribution in [2.24, 2.45) is 0 Å². The summed E-state index contributed by atoms with van der Waals surface area (Å²) in [6.45, 7) is 7.71. The van der Waals surface area contributed by atoms with E-state index < -0.39 is 0 Å². The molecular formula is C15H23N5O3S. The normalized spacial score (nSPS) is 19.5. The summed E-state index contributed by atoms with van der Waals surface area (Å²) in [7, 11) is 0. The van der Waals surface area contributed by atoms with Crippen molar-refractivity contribution < 1.29 is 14.3 Å². The molecule has 0 radical (unpaired) electrons. The van der Waals surface area contributed by atoms with E-state index in [-0.39, 0.29) is 11.8 Å². The van der Waals surface area contributed by atoms with Crippen molar-refractivity contribution in [3.8, 4) is 0 Å². The van der Waals surface area contributed by atoms with Gasteiger partial charge in [-0.3, -0.25) is 14.5 Å². The molecule has 2 saturated heterocycles. The summed E-state index contributed by atoms with van der Waals surface area (Å²) in [4.78, 5) is 31.4. The zero-order chi connectivity index (χ0) is 16.9. The molecular weight excluding hydrogens is 330 g/mol. The van der Waals surface area contributed by atoms with Crippen molar-refractivity contribution in [2.45, 2.75) is 13.3 Å². The number of rotatable bonds is 4. The van der Waals surface area contributed by atoms with Gasteiger partial charge in [0.05, 0.1) is 25.5 Å². The molecule has 2 aliphatic rings. The number of ether oxygens (including phenoxy) is 1. The Bertz CT molecular complexity index is 579. The highest BCUT2D eigenvalue weighted by atomic mass is 32.1. The summed E-state index contributed by atoms with van der Waals surface area (Å²) in [5, 5.41) is 4.00. The van der Waals surface area contributed by atoms with Crippen LogP contribution >= 0.6 is 11.5 Å². The lowest BCUT2D eigenvalue weighted by Gasteiger charge is -2.36. The Morgan fingerprint density at radius 1 is 1.08 bits per heavy atom. The topological polar surface area (TPSA) is 78.9 Å². The fourth-order valence-corrected chi connectivity index (χ4v) is 3.67. The predicted octanol–water partition coefficient (Wildman–Crippen LogP) is -0.283. The lowest BCUT2D eigenvalue weighted by molar-refractivity contribution is -0.134. The van der Waals surface area contributed by atoms with E-state index in [0.717, 1.165) is 30.3 Å². The monoisotopic (exact) mass is 353 g/mol. The predicted molar refractivity (Wildman–Crippen MR) is 89.0 cm³/mol. The Morgan fingerprint density at radius 3 is 2.42 bits per heavy atom. The molecule has 0 unspecified atom stereocenters. The molecule has 0 saturated carbocycles. The first-order valence-corrected chi connectivity index (χ1v) is 9.14. The third-order valence-corrected chi connectivity index (χ3v) is 5.22. The second-order valence-corrected chi connectivity index (χ2v) is 6.72. The van der Waals surface area contributed by atoms with Crippen LogP contribution in [0, 0.1) is 0 Å². The third-order valence-electron chi connectivity index (χ3n) is 4.47. The lowest BCUT2D eigenvalue weighted by Crippen LogP contribution is -2.53. The molecule has 1 aromatic heterocycles. The van der Waals surface area contributed by atoms with Crippen LogP contribution in [-0.2, 0) is 16.0 Å². The van der Waals surface area contributed by atoms with Crippen LogP contribution in [0.5, 0.6) is 0 Å². The van der Waals surface area contributed by atoms with Crippen LogP contribution in [0.15, 0.2) is 0 Å². The van der Waals surface area contributed by atoms with Gasteiger partial charge in [-0.2, -0.15) is 0 Å². The number of amides is 2. The molecule has 3 heterocycles. The van der Waals surface area contributed by atoms with Gasteiger partial charge < -0.3 is 14.5 Å². The van der Waals surface area contributed by atoms with Gasteiger partial charge >= 0.3 is 0 Å². The molecule has 2 fully saturated rings. The SMILES string of the molecule is CCc1nnsc1C(=O)N1CCN(C(=O)CN2CCOCC2)CC1. The summed E-state index contributed by atoms with van der Waals surface area (Å²) in [6.07, 6.45) is 0.704. The van der Waals surface area contributed by atoms with Gasteiger partial charge in [-0.05, 0) is 18.0 Å². The van der Waals surface area contributed by atoms with E-state index in [1.165, 1.54) is 0 Å². The van der Waals surface area contributed by atoms with Crippen LogP contribution in [-0.4, -0.2) is 95.1 Å². The van der Waals surface area contributed by atoms with Crippen molar-refractivity contribution in [1.82, 2.24) is 24.3 Å². The van der Waals surface area contributed by atoms with Gasteiger partial charge in [0.15, 0.2) is 0 Å². The standard InChI is InChI=1S/C15H23N5O3S/c1-2-12-14(24-17-16-12)15(22)20-5-3-19(4-6-20)13(21)11-18-7-9-23-10-8-18/h2-11H2,1H3. The number of morpholine rings is 1. The summed E-state index contributed by atoms with van der Waals surface area (Å²) >= 11 is 1.15. The highest BCUT2D eigenvalue weighted by Gasteiger charge is 2.28. The van der Waals surface area contributed by atoms with E-state index in [9.17, 15) is 9.59 Å². The van der Waals surface area contributed by atoms with Crippen molar-refractivity contribution in [1.29, 1.82) is 0 Å². The maximum Gasteiger partial charge on any atom is 0.267 e. The second kappa shape index (κ2) is 8.00. The highest BCUT2D eigenvalue weighted by molar-refractivity contribution is 7.08. The van der Waals surface area contributed by atoms with Crippen molar-refractivity contribution in [3.05, 3.63) is 10.6 Å². The first-order valence-electron chi connectivity index (χ1n) is 8.37. The lowest BCUT2D eigenvalue weighted by atomic mass is 10.2. The molecule has 3 rings (SSSR count). The van der Waals surface area contributed by atoms with Gasteiger partial charge in [-0.25, -0.2) is 0 Å². The summed E-state index contributed by atoms with van der Waals surface area (Å²) in [5.74, 6) is 0.125. The van der Waals surface area contributed by atoms with Crippen LogP contribution in [0.3, 0.4) is 0 Å². The molecule has 2 amide bonds. The number of aryl methyl sites for hydroxylation is 1. The second-order valence-electron chi connectivity index (χ2n) is 5.96. The highest BCUT2D eigenvalue weighted by Crippen LogP contribution is 2.16. The van der Waals surface area contributed by atoms with E-state index in [1.54, 1.807) is 4.90 Å². The molecule has 2 aliphatic heterocycles. The van der Waals surface area contributed by atoms with Crippen molar-refractivity contribution in [3.63, 3.8) is 0 Å². The van der Waals surface area contributed by atoms with Gasteiger partial charge in [0, 0.05) is 39.3 Å². The molecule has 0 aliphatic carbocycles. The van der Waals surface area contributed by atoms with Crippen LogP contribution in [0.25, 0.3) is 0 Å². The number of carbonyl (C=O) groups excluding carboxylic acids is 2. The van der Waals surface area contributed by atoms with Gasteiger partial charge in [0.25, 0.3) is 5.91 Å². The molecule has 9 heteroatoms. The maximum atomic E-state index is 12.6. The summed E-state index contributed by atoms with van der Waals surface area (Å²) < 4.78 is 9.18. The van der Waals surface area contributed by atoms with E-state index in [1.807, 2.05) is 11.8 Å². The van der Waals surface area contributed by atoms with Gasteiger partial charge in [0.2, 0.25) is 5.91 Å². The van der Waals surface area contributed by atoms with Crippen LogP contribution in [0.1, 0.15) is 22.3 Å². The molecule has 132 valence electrons. The van der Waals surface area contributed by atoms with E-state index >= 15 is 0 Å². The molecule has 0 aromatic carbocycles. The Labute approximate surface area is 145 Å². The summed E-state index contributed by atoms with van der Waals surface area (Å²) in [5.41, 5.74) is 0.760. The average molecular weight is 353 g/mol. The van der Waals surface area contributed by atoms with Crippen LogP contribution in [0.2, 0.25) is 0 Å². The number of piperazine rings is 1. The van der Waals surface area contributed by atoms with Gasteiger partial charge in [-0.15, -0.1) is 5.10 Å². The van der Waals surface area contributed by atoms with E-state index in [4.69, 9.17) is 4.74 Å². The Hall–Kier alpha value is -1.58. The summed E-state index contributed by atoms with van der Waals surface area (Å²) in [6, 6.07) is 0. The minimum atomic E-state index is -0.0119. The number of nitrogens with zero attached hydrogens (tertiary/aromatic N) is 5. The zero-order valence-electron chi connectivity index (χ0n) is 13.9. The fourth-order valence-electron chi connectivity index (χ4n) is 2.96. The van der Waals surface area contributed by atoms with E-state index in [2.05, 4.69) is 14.5 Å². The first-order chi connectivity index (χ1) is 11.7. The van der Waals surface area contributed by atoms with Crippen molar-refractivity contribution in [2.75, 3.05) is 59.0 Å². The Kier molecular flexibility index (Phi) is 5.75. The molecule has 0 spiro atoms. The largest absolute Gasteiger partial charge is 0.379 e. The number of aromatic nitrogens is 2. The zero-order valence-corrected chi connectivity index (χ0v) is 14.8. The molecule has 8 nitrogen and oxygen atoms in total. The smallest absolute Gasteiger partial charge is 0.267 e. The quantitative estimate of drug-likeness (QED) is 0.741. The van der Waals surface area contributed by atoms with Crippen LogP contribution < -0.4 is 0 Å². The molecule has 0 bridgehead atoms. The molecule has 0 atom stereocenters. The minimum Gasteiger partial charge on any atom is -0.379 e. The first kappa shape index (κ1) is 17.2. The number of hydrogen-bond acceptors (Lipinski definition) is 7. The van der Waals surface area contributed by atoms with Gasteiger partial charge in [0.1, 0.15) is 4.88 Å². The number of hydrogen-bond donors (Lipinski definition) is 0. The van der Waals surface area contributed by atoms with E-state index in [0.29, 0.717) is 57.2 Å².